The predicted octanol–water partition coefficient (Wildman–Crippen LogP) is 1.69. The molecule has 4 nitrogen and oxygen atoms in total. The third-order valence-corrected chi connectivity index (χ3v) is 3.37. The molecule has 0 aromatic heterocycles. The van der Waals surface area contributed by atoms with E-state index in [1.54, 1.807) is 0 Å². The van der Waals surface area contributed by atoms with Crippen LogP contribution < -0.4 is 0 Å². The van der Waals surface area contributed by atoms with Gasteiger partial charge in [-0.05, 0) is 12.8 Å². The van der Waals surface area contributed by atoms with Crippen molar-refractivity contribution in [2.75, 3.05) is 26.4 Å². The minimum Gasteiger partial charge on any atom is -0.396 e. The highest BCUT2D eigenvalue weighted by atomic mass is 16.7. The van der Waals surface area contributed by atoms with Gasteiger partial charge in [-0.15, -0.1) is 0 Å². The van der Waals surface area contributed by atoms with Crippen LogP contribution in [-0.4, -0.2) is 42.9 Å². The summed E-state index contributed by atoms with van der Waals surface area (Å²) in [7, 11) is 0. The summed E-state index contributed by atoms with van der Waals surface area (Å²) < 4.78 is 11.1. The molecule has 2 N–H and O–H groups in total. The van der Waals surface area contributed by atoms with E-state index < -0.39 is 5.41 Å². The lowest BCUT2D eigenvalue weighted by Gasteiger charge is -2.37. The normalized spacial score (nSPS) is 20.6. The molecular weight excluding hydrogens is 220 g/mol. The van der Waals surface area contributed by atoms with Gasteiger partial charge >= 0.3 is 0 Å². The van der Waals surface area contributed by atoms with Crippen LogP contribution in [0.25, 0.3) is 0 Å². The summed E-state index contributed by atoms with van der Waals surface area (Å²) in [6.07, 6.45) is 6.94. The van der Waals surface area contributed by atoms with Crippen molar-refractivity contribution >= 4 is 0 Å². The average Bonchev–Trinajstić information content (AvgIpc) is 2.39. The minimum atomic E-state index is -0.599. The average molecular weight is 246 g/mol. The van der Waals surface area contributed by atoms with Crippen molar-refractivity contribution in [3.8, 4) is 0 Å². The van der Waals surface area contributed by atoms with Crippen LogP contribution >= 0.6 is 0 Å². The maximum Gasteiger partial charge on any atom is 0.157 e. The molecule has 0 aromatic rings. The summed E-state index contributed by atoms with van der Waals surface area (Å²) in [5, 5.41) is 18.4. The number of aliphatic hydroxyl groups excluding tert-OH is 2. The number of unbranched alkanes of at least 4 members (excludes halogenated alkanes) is 4. The van der Waals surface area contributed by atoms with E-state index in [1.807, 2.05) is 0 Å². The quantitative estimate of drug-likeness (QED) is 0.640. The van der Waals surface area contributed by atoms with E-state index in [1.165, 1.54) is 25.7 Å². The summed E-state index contributed by atoms with van der Waals surface area (Å²) >= 11 is 0. The lowest BCUT2D eigenvalue weighted by Crippen LogP contribution is -2.46. The topological polar surface area (TPSA) is 58.9 Å². The van der Waals surface area contributed by atoms with Gasteiger partial charge in [0.2, 0.25) is 0 Å². The Morgan fingerprint density at radius 2 is 1.59 bits per heavy atom. The van der Waals surface area contributed by atoms with Crippen molar-refractivity contribution in [3.05, 3.63) is 0 Å². The fraction of sp³-hybridized carbons (Fsp3) is 1.00. The molecule has 0 spiro atoms. The van der Waals surface area contributed by atoms with Crippen LogP contribution in [0.1, 0.15) is 45.4 Å². The van der Waals surface area contributed by atoms with Gasteiger partial charge in [-0.25, -0.2) is 0 Å². The Morgan fingerprint density at radius 1 is 1.00 bits per heavy atom. The van der Waals surface area contributed by atoms with Crippen molar-refractivity contribution in [3.63, 3.8) is 0 Å². The zero-order chi connectivity index (χ0) is 12.6. The zero-order valence-electron chi connectivity index (χ0n) is 10.9. The molecule has 0 saturated carbocycles. The van der Waals surface area contributed by atoms with Gasteiger partial charge in [-0.2, -0.15) is 0 Å². The van der Waals surface area contributed by atoms with Crippen LogP contribution in [0.15, 0.2) is 0 Å². The van der Waals surface area contributed by atoms with Crippen LogP contribution in [0.4, 0.5) is 0 Å². The first-order valence-corrected chi connectivity index (χ1v) is 6.71. The van der Waals surface area contributed by atoms with Crippen molar-refractivity contribution < 1.29 is 19.7 Å². The first kappa shape index (κ1) is 14.9. The Kier molecular flexibility index (Phi) is 7.04. The summed E-state index contributed by atoms with van der Waals surface area (Å²) in [6, 6.07) is 0. The van der Waals surface area contributed by atoms with Gasteiger partial charge in [-0.3, -0.25) is 0 Å². The van der Waals surface area contributed by atoms with Crippen LogP contribution in [0, 0.1) is 5.41 Å². The molecule has 0 unspecified atom stereocenters. The minimum absolute atomic E-state index is 0.0906. The lowest BCUT2D eigenvalue weighted by molar-refractivity contribution is -0.245. The van der Waals surface area contributed by atoms with Gasteiger partial charge in [0, 0.05) is 0 Å². The molecule has 1 aliphatic heterocycles. The van der Waals surface area contributed by atoms with Gasteiger partial charge in [-0.1, -0.05) is 32.6 Å². The van der Waals surface area contributed by atoms with E-state index in [4.69, 9.17) is 9.47 Å². The SMILES string of the molecule is CCCCCCCC1OCC(CO)(CO)CO1. The summed E-state index contributed by atoms with van der Waals surface area (Å²) in [4.78, 5) is 0. The molecule has 4 heteroatoms. The highest BCUT2D eigenvalue weighted by molar-refractivity contribution is 4.80. The molecular formula is C13H26O4. The molecule has 0 atom stereocenters. The standard InChI is InChI=1S/C13H26O4/c1-2-3-4-5-6-7-12-16-10-13(8-14,9-15)11-17-12/h12,14-15H,2-11H2,1H3. The Hall–Kier alpha value is -0.160. The fourth-order valence-electron chi connectivity index (χ4n) is 1.94. The van der Waals surface area contributed by atoms with Crippen LogP contribution in [0.2, 0.25) is 0 Å². The van der Waals surface area contributed by atoms with Gasteiger partial charge in [0.05, 0.1) is 31.8 Å². The monoisotopic (exact) mass is 246 g/mol. The van der Waals surface area contributed by atoms with Crippen LogP contribution in [0.3, 0.4) is 0 Å². The molecule has 102 valence electrons. The third-order valence-electron chi connectivity index (χ3n) is 3.37. The number of hydrogen-bond acceptors (Lipinski definition) is 4. The first-order chi connectivity index (χ1) is 8.26. The lowest BCUT2D eigenvalue weighted by atomic mass is 9.91. The van der Waals surface area contributed by atoms with Gasteiger partial charge in [0.25, 0.3) is 0 Å². The molecule has 1 fully saturated rings. The largest absolute Gasteiger partial charge is 0.396 e. The van der Waals surface area contributed by atoms with Crippen molar-refractivity contribution in [1.82, 2.24) is 0 Å². The maximum atomic E-state index is 9.18. The van der Waals surface area contributed by atoms with Crippen molar-refractivity contribution in [2.24, 2.45) is 5.41 Å². The molecule has 0 radical (unpaired) electrons. The Bertz CT molecular complexity index is 182. The highest BCUT2D eigenvalue weighted by Gasteiger charge is 2.35. The molecule has 1 saturated heterocycles. The predicted molar refractivity (Wildman–Crippen MR) is 65.7 cm³/mol. The number of ether oxygens (including phenoxy) is 2. The smallest absolute Gasteiger partial charge is 0.157 e. The van der Waals surface area contributed by atoms with E-state index in [0.29, 0.717) is 13.2 Å². The second-order valence-corrected chi connectivity index (χ2v) is 5.07. The number of aliphatic hydroxyl groups is 2. The summed E-state index contributed by atoms with van der Waals surface area (Å²) in [5.41, 5.74) is -0.599. The summed E-state index contributed by atoms with van der Waals surface area (Å²) in [5.74, 6) is 0. The molecule has 0 aliphatic carbocycles. The van der Waals surface area contributed by atoms with E-state index in [9.17, 15) is 10.2 Å². The Morgan fingerprint density at radius 3 is 2.12 bits per heavy atom. The van der Waals surface area contributed by atoms with E-state index in [2.05, 4.69) is 6.92 Å². The zero-order valence-corrected chi connectivity index (χ0v) is 10.9. The summed E-state index contributed by atoms with van der Waals surface area (Å²) in [6.45, 7) is 2.80. The molecule has 0 bridgehead atoms. The van der Waals surface area contributed by atoms with Gasteiger partial charge < -0.3 is 19.7 Å². The van der Waals surface area contributed by atoms with E-state index >= 15 is 0 Å². The van der Waals surface area contributed by atoms with Crippen molar-refractivity contribution in [2.45, 2.75) is 51.7 Å². The highest BCUT2D eigenvalue weighted by Crippen LogP contribution is 2.25. The Balaban J connectivity index is 2.10. The van der Waals surface area contributed by atoms with Crippen LogP contribution in [-0.2, 0) is 9.47 Å². The first-order valence-electron chi connectivity index (χ1n) is 6.71. The molecule has 0 amide bonds. The molecule has 1 rings (SSSR count). The second-order valence-electron chi connectivity index (χ2n) is 5.07. The van der Waals surface area contributed by atoms with E-state index in [-0.39, 0.29) is 19.5 Å². The van der Waals surface area contributed by atoms with Crippen molar-refractivity contribution in [1.29, 1.82) is 0 Å². The molecule has 1 heterocycles. The van der Waals surface area contributed by atoms with Gasteiger partial charge in [0.1, 0.15) is 0 Å². The van der Waals surface area contributed by atoms with Gasteiger partial charge in [0.15, 0.2) is 6.29 Å². The second kappa shape index (κ2) is 8.03. The third kappa shape index (κ3) is 4.92. The van der Waals surface area contributed by atoms with Crippen LogP contribution in [0.5, 0.6) is 0 Å². The Labute approximate surface area is 104 Å². The van der Waals surface area contributed by atoms with E-state index in [0.717, 1.165) is 12.8 Å². The molecule has 1 aliphatic rings. The number of rotatable bonds is 8. The fourth-order valence-corrected chi connectivity index (χ4v) is 1.94. The maximum absolute atomic E-state index is 9.18. The molecule has 17 heavy (non-hydrogen) atoms. The molecule has 0 aromatic carbocycles. The number of hydrogen-bond donors (Lipinski definition) is 2.